The number of hydrogen-bond acceptors (Lipinski definition) is 1. The summed E-state index contributed by atoms with van der Waals surface area (Å²) in [6, 6.07) is 4.92. The van der Waals surface area contributed by atoms with Gasteiger partial charge in [-0.2, -0.15) is 0 Å². The van der Waals surface area contributed by atoms with Gasteiger partial charge in [-0.25, -0.2) is 4.39 Å². The highest BCUT2D eigenvalue weighted by atomic mass is 79.9. The highest BCUT2D eigenvalue weighted by molar-refractivity contribution is 9.10. The van der Waals surface area contributed by atoms with Crippen molar-refractivity contribution in [3.05, 3.63) is 34.1 Å². The predicted octanol–water partition coefficient (Wildman–Crippen LogP) is 4.71. The third kappa shape index (κ3) is 3.57. The molecule has 1 N–H and O–H groups in total. The van der Waals surface area contributed by atoms with Gasteiger partial charge in [0.05, 0.1) is 6.10 Å². The molecule has 0 bridgehead atoms. The molecular weight excluding hydrogens is 307 g/mol. The number of halogens is 2. The summed E-state index contributed by atoms with van der Waals surface area (Å²) in [7, 11) is 0. The molecule has 1 aliphatic carbocycles. The Bertz CT molecular complexity index is 444. The predicted molar refractivity (Wildman–Crippen MR) is 79.5 cm³/mol. The first-order valence-electron chi connectivity index (χ1n) is 7.02. The van der Waals surface area contributed by atoms with E-state index in [2.05, 4.69) is 29.8 Å². The van der Waals surface area contributed by atoms with Gasteiger partial charge in [-0.3, -0.25) is 0 Å². The minimum absolute atomic E-state index is 0.153. The molecule has 2 unspecified atom stereocenters. The first kappa shape index (κ1) is 15.0. The summed E-state index contributed by atoms with van der Waals surface area (Å²) in [5, 5.41) is 10.5. The van der Waals surface area contributed by atoms with Crippen molar-refractivity contribution in [2.45, 2.75) is 52.1 Å². The van der Waals surface area contributed by atoms with Crippen LogP contribution in [0.4, 0.5) is 4.39 Å². The molecule has 1 aliphatic rings. The third-order valence-corrected chi connectivity index (χ3v) is 4.98. The molecule has 1 aromatic rings. The fraction of sp³-hybridized carbons (Fsp3) is 0.625. The molecule has 1 nitrogen and oxygen atoms in total. The quantitative estimate of drug-likeness (QED) is 0.852. The van der Waals surface area contributed by atoms with Crippen molar-refractivity contribution in [1.29, 1.82) is 0 Å². The van der Waals surface area contributed by atoms with Gasteiger partial charge >= 0.3 is 0 Å². The van der Waals surface area contributed by atoms with E-state index in [0.717, 1.165) is 17.3 Å². The Hall–Kier alpha value is -0.410. The molecule has 1 fully saturated rings. The topological polar surface area (TPSA) is 20.2 Å². The Balaban J connectivity index is 2.11. The highest BCUT2D eigenvalue weighted by Crippen LogP contribution is 2.43. The minimum atomic E-state index is -0.459. The summed E-state index contributed by atoms with van der Waals surface area (Å²) in [6.07, 6.45) is 4.55. The Morgan fingerprint density at radius 1 is 1.42 bits per heavy atom. The maximum absolute atomic E-state index is 13.8. The summed E-state index contributed by atoms with van der Waals surface area (Å²) in [5.74, 6) is 0.0375. The molecule has 0 saturated heterocycles. The van der Waals surface area contributed by atoms with Crippen molar-refractivity contribution in [1.82, 2.24) is 0 Å². The second-order valence-electron chi connectivity index (χ2n) is 6.35. The summed E-state index contributed by atoms with van der Waals surface area (Å²) in [4.78, 5) is 0. The molecule has 1 aromatic carbocycles. The fourth-order valence-corrected chi connectivity index (χ4v) is 3.71. The first-order chi connectivity index (χ1) is 8.90. The van der Waals surface area contributed by atoms with Crippen LogP contribution in [0.25, 0.3) is 0 Å². The van der Waals surface area contributed by atoms with E-state index in [1.165, 1.54) is 18.9 Å². The van der Waals surface area contributed by atoms with Crippen LogP contribution in [0.1, 0.15) is 45.1 Å². The van der Waals surface area contributed by atoms with Crippen LogP contribution in [0.3, 0.4) is 0 Å². The molecule has 0 spiro atoms. The molecule has 19 heavy (non-hydrogen) atoms. The van der Waals surface area contributed by atoms with E-state index in [-0.39, 0.29) is 17.2 Å². The van der Waals surface area contributed by atoms with E-state index < -0.39 is 6.10 Å². The van der Waals surface area contributed by atoms with Gasteiger partial charge in [0, 0.05) is 10.9 Å². The van der Waals surface area contributed by atoms with E-state index in [1.54, 1.807) is 12.1 Å². The molecule has 0 aliphatic heterocycles. The van der Waals surface area contributed by atoms with Crippen LogP contribution in [-0.4, -0.2) is 11.2 Å². The Morgan fingerprint density at radius 3 is 2.84 bits per heavy atom. The minimum Gasteiger partial charge on any atom is -0.392 e. The van der Waals surface area contributed by atoms with Gasteiger partial charge in [0.25, 0.3) is 0 Å². The van der Waals surface area contributed by atoms with Crippen LogP contribution in [-0.2, 0) is 6.42 Å². The molecule has 2 rings (SSSR count). The smallest absolute Gasteiger partial charge is 0.126 e. The fourth-order valence-electron chi connectivity index (χ4n) is 3.30. The molecule has 0 amide bonds. The summed E-state index contributed by atoms with van der Waals surface area (Å²) in [5.41, 5.74) is 0.753. The number of benzene rings is 1. The van der Waals surface area contributed by atoms with Crippen molar-refractivity contribution in [3.8, 4) is 0 Å². The van der Waals surface area contributed by atoms with Gasteiger partial charge in [-0.1, -0.05) is 42.6 Å². The monoisotopic (exact) mass is 328 g/mol. The van der Waals surface area contributed by atoms with Crippen molar-refractivity contribution in [2.75, 3.05) is 0 Å². The highest BCUT2D eigenvalue weighted by Gasteiger charge is 2.36. The molecule has 1 saturated carbocycles. The summed E-state index contributed by atoms with van der Waals surface area (Å²) >= 11 is 3.36. The van der Waals surface area contributed by atoms with Crippen LogP contribution < -0.4 is 0 Å². The van der Waals surface area contributed by atoms with E-state index in [4.69, 9.17) is 0 Å². The van der Waals surface area contributed by atoms with Crippen LogP contribution in [0, 0.1) is 17.2 Å². The molecule has 0 heterocycles. The lowest BCUT2D eigenvalue weighted by Gasteiger charge is -2.41. The van der Waals surface area contributed by atoms with Gasteiger partial charge in [0.1, 0.15) is 5.82 Å². The average molecular weight is 329 g/mol. The Labute approximate surface area is 123 Å². The van der Waals surface area contributed by atoms with Crippen molar-refractivity contribution in [2.24, 2.45) is 11.3 Å². The standard InChI is InChI=1S/C16H22BrFO/c1-16(2)8-4-3-5-13(16)15(19)10-11-9-12(17)6-7-14(11)18/h6-7,9,13,15,19H,3-5,8,10H2,1-2H3. The van der Waals surface area contributed by atoms with Crippen LogP contribution >= 0.6 is 15.9 Å². The van der Waals surface area contributed by atoms with Crippen LogP contribution in [0.2, 0.25) is 0 Å². The van der Waals surface area contributed by atoms with E-state index in [9.17, 15) is 9.50 Å². The van der Waals surface area contributed by atoms with Crippen molar-refractivity contribution >= 4 is 15.9 Å². The molecular formula is C16H22BrFO. The SMILES string of the molecule is CC1(C)CCCCC1C(O)Cc1cc(Br)ccc1F. The lowest BCUT2D eigenvalue weighted by Crippen LogP contribution is -2.38. The number of hydrogen-bond donors (Lipinski definition) is 1. The van der Waals surface area contributed by atoms with Crippen LogP contribution in [0.5, 0.6) is 0 Å². The maximum atomic E-state index is 13.8. The van der Waals surface area contributed by atoms with Crippen LogP contribution in [0.15, 0.2) is 22.7 Å². The van der Waals surface area contributed by atoms with Gasteiger partial charge in [-0.15, -0.1) is 0 Å². The third-order valence-electron chi connectivity index (χ3n) is 4.49. The zero-order chi connectivity index (χ0) is 14.0. The zero-order valence-electron chi connectivity index (χ0n) is 11.6. The second-order valence-corrected chi connectivity index (χ2v) is 7.26. The normalized spacial score (nSPS) is 24.2. The Morgan fingerprint density at radius 2 is 2.16 bits per heavy atom. The molecule has 0 radical (unpaired) electrons. The molecule has 2 atom stereocenters. The lowest BCUT2D eigenvalue weighted by atomic mass is 9.66. The largest absolute Gasteiger partial charge is 0.392 e. The maximum Gasteiger partial charge on any atom is 0.126 e. The van der Waals surface area contributed by atoms with Gasteiger partial charge in [0.2, 0.25) is 0 Å². The van der Waals surface area contributed by atoms with Gasteiger partial charge < -0.3 is 5.11 Å². The molecule has 106 valence electrons. The number of aliphatic hydroxyl groups is 1. The van der Waals surface area contributed by atoms with E-state index in [1.807, 2.05) is 0 Å². The van der Waals surface area contributed by atoms with E-state index >= 15 is 0 Å². The summed E-state index contributed by atoms with van der Waals surface area (Å²) < 4.78 is 14.6. The number of rotatable bonds is 3. The van der Waals surface area contributed by atoms with Crippen molar-refractivity contribution < 1.29 is 9.50 Å². The zero-order valence-corrected chi connectivity index (χ0v) is 13.2. The average Bonchev–Trinajstić information content (AvgIpc) is 2.33. The van der Waals surface area contributed by atoms with Gasteiger partial charge in [-0.05, 0) is 47.9 Å². The Kier molecular flexibility index (Phi) is 4.67. The molecule has 0 aromatic heterocycles. The first-order valence-corrected chi connectivity index (χ1v) is 7.81. The second kappa shape index (κ2) is 5.92. The van der Waals surface area contributed by atoms with E-state index in [0.29, 0.717) is 12.0 Å². The lowest BCUT2D eigenvalue weighted by molar-refractivity contribution is 0.00538. The number of aliphatic hydroxyl groups excluding tert-OH is 1. The van der Waals surface area contributed by atoms with Crippen molar-refractivity contribution in [3.63, 3.8) is 0 Å². The van der Waals surface area contributed by atoms with Gasteiger partial charge in [0.15, 0.2) is 0 Å². The summed E-state index contributed by atoms with van der Waals surface area (Å²) in [6.45, 7) is 4.44. The molecule has 3 heteroatoms.